The van der Waals surface area contributed by atoms with Gasteiger partial charge in [-0.1, -0.05) is 18.2 Å². The minimum absolute atomic E-state index is 0.0310. The van der Waals surface area contributed by atoms with Crippen molar-refractivity contribution >= 4 is 32.5 Å². The first kappa shape index (κ1) is 24.3. The number of anilines is 1. The van der Waals surface area contributed by atoms with E-state index in [9.17, 15) is 18.0 Å². The summed E-state index contributed by atoms with van der Waals surface area (Å²) in [7, 11) is -4.13. The highest BCUT2D eigenvalue weighted by molar-refractivity contribution is 7.91. The molecule has 2 aromatic carbocycles. The van der Waals surface area contributed by atoms with Crippen molar-refractivity contribution in [1.82, 2.24) is 9.55 Å². The van der Waals surface area contributed by atoms with Gasteiger partial charge in [-0.05, 0) is 87.2 Å². The lowest BCUT2D eigenvalue weighted by atomic mass is 10.1. The van der Waals surface area contributed by atoms with Crippen LogP contribution in [0.15, 0.2) is 69.3 Å². The Morgan fingerprint density at radius 3 is 2.40 bits per heavy atom. The molecule has 4 rings (SSSR count). The molecule has 0 saturated heterocycles. The molecule has 7 nitrogen and oxygen atoms in total. The molecule has 0 unspecified atom stereocenters. The van der Waals surface area contributed by atoms with Crippen LogP contribution in [0, 0.1) is 34.6 Å². The number of carbonyl (C=O) groups excluding carboxylic acids is 1. The van der Waals surface area contributed by atoms with Gasteiger partial charge in [0.1, 0.15) is 17.1 Å². The van der Waals surface area contributed by atoms with Crippen LogP contribution < -0.4 is 10.7 Å². The maximum absolute atomic E-state index is 13.5. The average Bonchev–Trinajstić information content (AvgIpc) is 2.80. The zero-order valence-electron chi connectivity index (χ0n) is 20.3. The van der Waals surface area contributed by atoms with Gasteiger partial charge in [0, 0.05) is 17.6 Å². The number of sulfone groups is 1. The van der Waals surface area contributed by atoms with E-state index in [1.54, 1.807) is 31.2 Å². The van der Waals surface area contributed by atoms with Crippen LogP contribution in [0.1, 0.15) is 27.9 Å². The first-order chi connectivity index (χ1) is 16.5. The molecule has 0 saturated carbocycles. The second-order valence-electron chi connectivity index (χ2n) is 8.82. The highest BCUT2D eigenvalue weighted by Gasteiger charge is 2.25. The van der Waals surface area contributed by atoms with Gasteiger partial charge in [-0.2, -0.15) is 0 Å². The maximum Gasteiger partial charge on any atom is 0.244 e. The number of benzene rings is 2. The van der Waals surface area contributed by atoms with Crippen molar-refractivity contribution in [2.45, 2.75) is 51.0 Å². The van der Waals surface area contributed by atoms with Crippen LogP contribution in [-0.4, -0.2) is 23.9 Å². The van der Waals surface area contributed by atoms with Crippen molar-refractivity contribution in [3.63, 3.8) is 0 Å². The van der Waals surface area contributed by atoms with Crippen LogP contribution >= 0.6 is 0 Å². The van der Waals surface area contributed by atoms with Crippen LogP contribution in [0.25, 0.3) is 11.0 Å². The van der Waals surface area contributed by atoms with Crippen LogP contribution in [-0.2, 0) is 21.2 Å². The molecule has 0 radical (unpaired) electrons. The predicted octanol–water partition coefficient (Wildman–Crippen LogP) is 4.41. The number of hydrogen-bond donors (Lipinski definition) is 1. The van der Waals surface area contributed by atoms with E-state index in [1.807, 2.05) is 45.9 Å². The van der Waals surface area contributed by atoms with E-state index in [0.29, 0.717) is 11.4 Å². The van der Waals surface area contributed by atoms with Gasteiger partial charge in [-0.15, -0.1) is 0 Å². The van der Waals surface area contributed by atoms with Gasteiger partial charge in [-0.3, -0.25) is 9.59 Å². The second-order valence-corrected chi connectivity index (χ2v) is 10.7. The highest BCUT2D eigenvalue weighted by Crippen LogP contribution is 2.23. The molecule has 4 aromatic rings. The Hall–Kier alpha value is -3.78. The van der Waals surface area contributed by atoms with E-state index in [1.165, 1.54) is 16.8 Å². The van der Waals surface area contributed by atoms with Gasteiger partial charge in [0.2, 0.25) is 21.2 Å². The quantitative estimate of drug-likeness (QED) is 0.448. The number of carbonyl (C=O) groups is 1. The topological polar surface area (TPSA) is 98.1 Å². The van der Waals surface area contributed by atoms with Crippen LogP contribution in [0.3, 0.4) is 0 Å². The number of rotatable bonds is 5. The summed E-state index contributed by atoms with van der Waals surface area (Å²) in [5.74, 6) is -0.360. The molecular formula is C27H27N3O4S. The smallest absolute Gasteiger partial charge is 0.244 e. The van der Waals surface area contributed by atoms with E-state index >= 15 is 0 Å². The molecule has 8 heteroatoms. The number of aryl methyl sites for hydroxylation is 4. The van der Waals surface area contributed by atoms with Crippen molar-refractivity contribution < 1.29 is 13.2 Å². The number of pyridine rings is 2. The molecule has 0 bridgehead atoms. The van der Waals surface area contributed by atoms with Crippen LogP contribution in [0.4, 0.5) is 5.69 Å². The molecule has 0 spiro atoms. The summed E-state index contributed by atoms with van der Waals surface area (Å²) in [6, 6.07) is 13.6. The molecule has 2 heterocycles. The standard InChI is InChI=1S/C27H27N3O4S/c1-16-9-11-21(13-18(16)3)35(33,34)24-14-30(27-22(26(24)32)12-10-19(4)28-27)15-25(31)29-23-8-6-7-17(2)20(23)5/h6-14H,15H2,1-5H3,(H,29,31). The highest BCUT2D eigenvalue weighted by atomic mass is 32.2. The molecule has 0 aliphatic rings. The number of aromatic nitrogens is 2. The van der Waals surface area contributed by atoms with Crippen molar-refractivity contribution in [2.24, 2.45) is 0 Å². The van der Waals surface area contributed by atoms with Gasteiger partial charge in [0.05, 0.1) is 10.3 Å². The lowest BCUT2D eigenvalue weighted by molar-refractivity contribution is -0.116. The minimum Gasteiger partial charge on any atom is -0.324 e. The fourth-order valence-corrected chi connectivity index (χ4v) is 5.34. The van der Waals surface area contributed by atoms with Gasteiger partial charge in [0.15, 0.2) is 0 Å². The van der Waals surface area contributed by atoms with E-state index in [0.717, 1.165) is 22.3 Å². The number of hydrogen-bond acceptors (Lipinski definition) is 5. The predicted molar refractivity (Wildman–Crippen MR) is 137 cm³/mol. The molecule has 35 heavy (non-hydrogen) atoms. The first-order valence-electron chi connectivity index (χ1n) is 11.2. The summed E-state index contributed by atoms with van der Waals surface area (Å²) in [5, 5.41) is 3.02. The fourth-order valence-electron chi connectivity index (χ4n) is 3.88. The summed E-state index contributed by atoms with van der Waals surface area (Å²) in [4.78, 5) is 30.4. The van der Waals surface area contributed by atoms with Crippen molar-refractivity contribution in [1.29, 1.82) is 0 Å². The number of fused-ring (bicyclic) bond motifs is 1. The molecule has 0 atom stereocenters. The van der Waals surface area contributed by atoms with Gasteiger partial charge in [-0.25, -0.2) is 13.4 Å². The van der Waals surface area contributed by atoms with Crippen molar-refractivity contribution in [3.05, 3.63) is 92.9 Å². The number of amides is 1. The van der Waals surface area contributed by atoms with Crippen LogP contribution in [0.5, 0.6) is 0 Å². The van der Waals surface area contributed by atoms with Crippen LogP contribution in [0.2, 0.25) is 0 Å². The molecule has 0 fully saturated rings. The Balaban J connectivity index is 1.84. The van der Waals surface area contributed by atoms with Crippen molar-refractivity contribution in [3.8, 4) is 0 Å². The zero-order valence-corrected chi connectivity index (χ0v) is 21.2. The average molecular weight is 490 g/mol. The van der Waals surface area contributed by atoms with Gasteiger partial charge < -0.3 is 9.88 Å². The van der Waals surface area contributed by atoms with E-state index in [4.69, 9.17) is 0 Å². The van der Waals surface area contributed by atoms with Gasteiger partial charge >= 0.3 is 0 Å². The first-order valence-corrected chi connectivity index (χ1v) is 12.7. The number of nitrogens with zero attached hydrogens (tertiary/aromatic N) is 2. The Labute approximate surface area is 204 Å². The van der Waals surface area contributed by atoms with E-state index in [-0.39, 0.29) is 28.4 Å². The normalized spacial score (nSPS) is 11.6. The summed E-state index contributed by atoms with van der Waals surface area (Å²) in [5.41, 5.74) is 4.66. The SMILES string of the molecule is Cc1ccc2c(=O)c(S(=O)(=O)c3ccc(C)c(C)c3)cn(CC(=O)Nc3cccc(C)c3C)c2n1. The minimum atomic E-state index is -4.13. The third kappa shape index (κ3) is 4.61. The van der Waals surface area contributed by atoms with Gasteiger partial charge in [0.25, 0.3) is 0 Å². The summed E-state index contributed by atoms with van der Waals surface area (Å²) < 4.78 is 28.4. The molecule has 180 valence electrons. The lowest BCUT2D eigenvalue weighted by Gasteiger charge is -2.15. The van der Waals surface area contributed by atoms with E-state index < -0.39 is 20.2 Å². The van der Waals surface area contributed by atoms with Crippen molar-refractivity contribution in [2.75, 3.05) is 5.32 Å². The molecule has 1 N–H and O–H groups in total. The molecule has 2 aromatic heterocycles. The molecule has 1 amide bonds. The fraction of sp³-hybridized carbons (Fsp3) is 0.222. The lowest BCUT2D eigenvalue weighted by Crippen LogP contribution is -2.24. The summed E-state index contributed by atoms with van der Waals surface area (Å²) in [6.45, 7) is 9.13. The second kappa shape index (κ2) is 9.11. The molecule has 0 aliphatic heterocycles. The summed E-state index contributed by atoms with van der Waals surface area (Å²) >= 11 is 0. The molecular weight excluding hydrogens is 462 g/mol. The monoisotopic (exact) mass is 489 g/mol. The summed E-state index contributed by atoms with van der Waals surface area (Å²) in [6.07, 6.45) is 1.23. The Bertz CT molecular complexity index is 1650. The largest absolute Gasteiger partial charge is 0.324 e. The third-order valence-corrected chi connectivity index (χ3v) is 8.04. The molecule has 0 aliphatic carbocycles. The third-order valence-electron chi connectivity index (χ3n) is 6.30. The Morgan fingerprint density at radius 2 is 1.69 bits per heavy atom. The number of nitrogens with one attached hydrogen (secondary N) is 1. The zero-order chi connectivity index (χ0) is 25.5. The Morgan fingerprint density at radius 1 is 0.943 bits per heavy atom. The maximum atomic E-state index is 13.5. The van der Waals surface area contributed by atoms with E-state index in [2.05, 4.69) is 10.3 Å². The Kier molecular flexibility index (Phi) is 6.34.